The minimum absolute atomic E-state index is 0.175. The van der Waals surface area contributed by atoms with Gasteiger partial charge in [-0.15, -0.1) is 0 Å². The summed E-state index contributed by atoms with van der Waals surface area (Å²) in [6.07, 6.45) is 1.47. The fourth-order valence-electron chi connectivity index (χ4n) is 2.49. The van der Waals surface area contributed by atoms with E-state index in [2.05, 4.69) is 20.5 Å². The number of imidazole rings is 1. The van der Waals surface area contributed by atoms with Crippen LogP contribution in [-0.4, -0.2) is 49.2 Å². The van der Waals surface area contributed by atoms with Crippen molar-refractivity contribution in [2.24, 2.45) is 5.10 Å². The van der Waals surface area contributed by atoms with Crippen LogP contribution in [-0.2, 0) is 4.79 Å². The molecular weight excluding hydrogens is 380 g/mol. The summed E-state index contributed by atoms with van der Waals surface area (Å²) >= 11 is 1.30. The van der Waals surface area contributed by atoms with Crippen molar-refractivity contribution in [1.82, 2.24) is 15.4 Å². The van der Waals surface area contributed by atoms with Gasteiger partial charge >= 0.3 is 0 Å². The number of aromatic amines is 1. The number of thioether (sulfide) groups is 1. The monoisotopic (exact) mass is 400 g/mol. The molecule has 0 radical (unpaired) electrons. The highest BCUT2D eigenvalue weighted by molar-refractivity contribution is 7.99. The molecule has 0 saturated carbocycles. The van der Waals surface area contributed by atoms with Crippen molar-refractivity contribution in [3.05, 3.63) is 42.0 Å². The van der Waals surface area contributed by atoms with E-state index in [1.807, 2.05) is 24.3 Å². The number of H-pyrrole nitrogens is 1. The minimum atomic E-state index is -0.256. The number of hydrogen-bond acceptors (Lipinski definition) is 7. The average molecular weight is 400 g/mol. The van der Waals surface area contributed by atoms with Crippen LogP contribution in [0.5, 0.6) is 17.2 Å². The van der Waals surface area contributed by atoms with Gasteiger partial charge in [0.15, 0.2) is 5.16 Å². The number of benzene rings is 2. The first-order valence-electron chi connectivity index (χ1n) is 8.34. The van der Waals surface area contributed by atoms with Crippen molar-refractivity contribution in [3.63, 3.8) is 0 Å². The number of nitrogens with one attached hydrogen (secondary N) is 2. The van der Waals surface area contributed by atoms with Crippen LogP contribution in [0, 0.1) is 0 Å². The number of hydrogen-bond donors (Lipinski definition) is 2. The molecule has 1 aromatic heterocycles. The number of aromatic nitrogens is 2. The van der Waals surface area contributed by atoms with Gasteiger partial charge < -0.3 is 19.2 Å². The summed E-state index contributed by atoms with van der Waals surface area (Å²) in [6.45, 7) is 0. The first-order valence-corrected chi connectivity index (χ1v) is 9.32. The smallest absolute Gasteiger partial charge is 0.250 e. The van der Waals surface area contributed by atoms with Crippen molar-refractivity contribution in [1.29, 1.82) is 0 Å². The number of ether oxygens (including phenoxy) is 3. The molecule has 28 heavy (non-hydrogen) atoms. The zero-order valence-electron chi connectivity index (χ0n) is 15.7. The summed E-state index contributed by atoms with van der Waals surface area (Å²) in [7, 11) is 4.63. The van der Waals surface area contributed by atoms with E-state index in [0.717, 1.165) is 11.0 Å². The van der Waals surface area contributed by atoms with Gasteiger partial charge in [-0.05, 0) is 12.1 Å². The van der Waals surface area contributed by atoms with Gasteiger partial charge in [0.1, 0.15) is 17.2 Å². The summed E-state index contributed by atoms with van der Waals surface area (Å²) in [6, 6.07) is 11.1. The summed E-state index contributed by atoms with van der Waals surface area (Å²) in [5, 5.41) is 4.68. The topological polar surface area (TPSA) is 97.8 Å². The van der Waals surface area contributed by atoms with Gasteiger partial charge in [-0.3, -0.25) is 4.79 Å². The highest BCUT2D eigenvalue weighted by atomic mass is 32.2. The Morgan fingerprint density at radius 3 is 2.54 bits per heavy atom. The van der Waals surface area contributed by atoms with E-state index < -0.39 is 0 Å². The Kier molecular flexibility index (Phi) is 6.38. The summed E-state index contributed by atoms with van der Waals surface area (Å²) in [5.74, 6) is 1.55. The second-order valence-electron chi connectivity index (χ2n) is 5.59. The molecule has 0 aliphatic heterocycles. The van der Waals surface area contributed by atoms with E-state index in [4.69, 9.17) is 14.2 Å². The van der Waals surface area contributed by atoms with Gasteiger partial charge in [0.25, 0.3) is 5.91 Å². The van der Waals surface area contributed by atoms with Gasteiger partial charge in [0, 0.05) is 12.1 Å². The van der Waals surface area contributed by atoms with Crippen LogP contribution in [0.4, 0.5) is 0 Å². The summed E-state index contributed by atoms with van der Waals surface area (Å²) < 4.78 is 15.9. The lowest BCUT2D eigenvalue weighted by atomic mass is 10.2. The van der Waals surface area contributed by atoms with Gasteiger partial charge in [-0.25, -0.2) is 10.4 Å². The van der Waals surface area contributed by atoms with Gasteiger partial charge in [-0.2, -0.15) is 5.10 Å². The predicted molar refractivity (Wildman–Crippen MR) is 109 cm³/mol. The van der Waals surface area contributed by atoms with E-state index in [1.165, 1.54) is 32.2 Å². The first-order chi connectivity index (χ1) is 13.6. The lowest BCUT2D eigenvalue weighted by molar-refractivity contribution is -0.118. The fraction of sp³-hybridized carbons (Fsp3) is 0.211. The molecule has 0 atom stereocenters. The Hall–Kier alpha value is -3.20. The molecule has 0 saturated heterocycles. The van der Waals surface area contributed by atoms with Crippen LogP contribution in [0.15, 0.2) is 46.7 Å². The molecule has 1 heterocycles. The van der Waals surface area contributed by atoms with Crippen LogP contribution in [0.1, 0.15) is 5.56 Å². The number of carbonyl (C=O) groups is 1. The van der Waals surface area contributed by atoms with Crippen molar-refractivity contribution in [2.45, 2.75) is 5.16 Å². The lowest BCUT2D eigenvalue weighted by Crippen LogP contribution is -2.19. The predicted octanol–water partition coefficient (Wildman–Crippen LogP) is 2.83. The second kappa shape index (κ2) is 9.14. The lowest BCUT2D eigenvalue weighted by Gasteiger charge is -2.12. The van der Waals surface area contributed by atoms with Crippen LogP contribution in [0.25, 0.3) is 11.0 Å². The zero-order valence-corrected chi connectivity index (χ0v) is 16.5. The van der Waals surface area contributed by atoms with Crippen LogP contribution in [0.2, 0.25) is 0 Å². The van der Waals surface area contributed by atoms with E-state index >= 15 is 0 Å². The molecule has 8 nitrogen and oxygen atoms in total. The van der Waals surface area contributed by atoms with Crippen molar-refractivity contribution >= 4 is 34.9 Å². The molecule has 2 N–H and O–H groups in total. The maximum absolute atomic E-state index is 12.1. The van der Waals surface area contributed by atoms with Crippen molar-refractivity contribution < 1.29 is 19.0 Å². The fourth-order valence-corrected chi connectivity index (χ4v) is 3.17. The number of nitrogens with zero attached hydrogens (tertiary/aromatic N) is 2. The number of para-hydroxylation sites is 2. The second-order valence-corrected chi connectivity index (χ2v) is 6.55. The van der Waals surface area contributed by atoms with Crippen LogP contribution < -0.4 is 19.6 Å². The van der Waals surface area contributed by atoms with E-state index in [0.29, 0.717) is 28.0 Å². The molecule has 0 fully saturated rings. The Balaban J connectivity index is 1.61. The van der Waals surface area contributed by atoms with Gasteiger partial charge in [0.05, 0.1) is 49.9 Å². The minimum Gasteiger partial charge on any atom is -0.496 e. The largest absolute Gasteiger partial charge is 0.496 e. The third kappa shape index (κ3) is 4.55. The maximum atomic E-state index is 12.1. The molecule has 9 heteroatoms. The standard InChI is InChI=1S/C19H20N4O4S/c1-25-12-8-16(26-2)13(17(9-12)27-3)10-20-23-18(24)11-28-19-21-14-6-4-5-7-15(14)22-19/h4-10H,11H2,1-3H3,(H,21,22)(H,23,24). The van der Waals surface area contributed by atoms with E-state index in [-0.39, 0.29) is 11.7 Å². The molecule has 0 bridgehead atoms. The molecular formula is C19H20N4O4S. The zero-order chi connectivity index (χ0) is 19.9. The maximum Gasteiger partial charge on any atom is 0.250 e. The number of amides is 1. The highest BCUT2D eigenvalue weighted by Crippen LogP contribution is 2.32. The highest BCUT2D eigenvalue weighted by Gasteiger charge is 2.12. The summed E-state index contributed by atoms with van der Waals surface area (Å²) in [5.41, 5.74) is 4.88. The average Bonchev–Trinajstić information content (AvgIpc) is 3.15. The third-order valence-corrected chi connectivity index (χ3v) is 4.72. The Morgan fingerprint density at radius 1 is 1.18 bits per heavy atom. The van der Waals surface area contributed by atoms with Crippen LogP contribution in [0.3, 0.4) is 0 Å². The van der Waals surface area contributed by atoms with Gasteiger partial charge in [0.2, 0.25) is 0 Å². The molecule has 0 aliphatic carbocycles. The van der Waals surface area contributed by atoms with Crippen molar-refractivity contribution in [2.75, 3.05) is 27.1 Å². The summed E-state index contributed by atoms with van der Waals surface area (Å²) in [4.78, 5) is 19.6. The quantitative estimate of drug-likeness (QED) is 0.343. The van der Waals surface area contributed by atoms with E-state index in [9.17, 15) is 4.79 Å². The molecule has 0 unspecified atom stereocenters. The normalized spacial score (nSPS) is 11.0. The molecule has 3 aromatic rings. The molecule has 3 rings (SSSR count). The number of carbonyl (C=O) groups excluding carboxylic acids is 1. The first kappa shape index (κ1) is 19.6. The molecule has 146 valence electrons. The Morgan fingerprint density at radius 2 is 1.89 bits per heavy atom. The number of hydrazone groups is 1. The SMILES string of the molecule is COc1cc(OC)c(C=NNC(=O)CSc2nc3ccccc3[nH]2)c(OC)c1. The molecule has 0 spiro atoms. The third-order valence-electron chi connectivity index (χ3n) is 3.84. The number of methoxy groups -OCH3 is 3. The Labute approximate surface area is 166 Å². The van der Waals surface area contributed by atoms with E-state index in [1.54, 1.807) is 19.2 Å². The number of rotatable bonds is 8. The van der Waals surface area contributed by atoms with Gasteiger partial charge in [-0.1, -0.05) is 23.9 Å². The molecule has 0 aliphatic rings. The molecule has 2 aromatic carbocycles. The van der Waals surface area contributed by atoms with Crippen LogP contribution >= 0.6 is 11.8 Å². The Bertz CT molecular complexity index is 945. The number of fused-ring (bicyclic) bond motifs is 1. The van der Waals surface area contributed by atoms with Crippen molar-refractivity contribution in [3.8, 4) is 17.2 Å². The molecule has 1 amide bonds.